The minimum absolute atomic E-state index is 0.210. The first kappa shape index (κ1) is 13.3. The Bertz CT molecular complexity index is 255. The Morgan fingerprint density at radius 3 is 2.38 bits per heavy atom. The average molecular weight is 238 g/mol. The van der Waals surface area contributed by atoms with Crippen LogP contribution in [0.15, 0.2) is 0 Å². The molecule has 0 saturated carbocycles. The largest absolute Gasteiger partial charge is 0.390 e. The highest BCUT2D eigenvalue weighted by atomic mass is 19.4. The molecule has 2 unspecified atom stereocenters. The third kappa shape index (κ3) is 3.10. The van der Waals surface area contributed by atoms with Crippen molar-refractivity contribution in [1.82, 2.24) is 10.2 Å². The Labute approximate surface area is 93.0 Å². The molecule has 3 nitrogen and oxygen atoms in total. The number of alkyl halides is 3. The van der Waals surface area contributed by atoms with Gasteiger partial charge in [0, 0.05) is 6.54 Å². The maximum absolute atomic E-state index is 12.1. The van der Waals surface area contributed by atoms with Gasteiger partial charge in [-0.25, -0.2) is 0 Å². The normalized spacial score (nSPS) is 26.6. The molecule has 0 aromatic carbocycles. The van der Waals surface area contributed by atoms with E-state index in [-0.39, 0.29) is 24.7 Å². The van der Waals surface area contributed by atoms with Crippen LogP contribution in [0.1, 0.15) is 33.1 Å². The molecule has 1 saturated heterocycles. The highest BCUT2D eigenvalue weighted by Crippen LogP contribution is 2.23. The highest BCUT2D eigenvalue weighted by molar-refractivity contribution is 5.84. The summed E-state index contributed by atoms with van der Waals surface area (Å²) in [6.45, 7) is 3.45. The smallest absolute Gasteiger partial charge is 0.325 e. The van der Waals surface area contributed by atoms with Gasteiger partial charge in [0.2, 0.25) is 5.91 Å². The summed E-state index contributed by atoms with van der Waals surface area (Å²) >= 11 is 0. The van der Waals surface area contributed by atoms with Crippen LogP contribution in [0.25, 0.3) is 0 Å². The first-order valence-corrected chi connectivity index (χ1v) is 5.52. The van der Waals surface area contributed by atoms with Crippen LogP contribution in [0.3, 0.4) is 0 Å². The number of nitrogens with one attached hydrogen (secondary N) is 1. The molecule has 2 atom stereocenters. The lowest BCUT2D eigenvalue weighted by molar-refractivity contribution is -0.145. The number of hydrogen-bond acceptors (Lipinski definition) is 2. The number of hydrogen-bond donors (Lipinski definition) is 1. The molecule has 1 fully saturated rings. The summed E-state index contributed by atoms with van der Waals surface area (Å²) in [4.78, 5) is 13.0. The molecule has 0 aromatic heterocycles. The fraction of sp³-hybridized carbons (Fsp3) is 0.900. The zero-order valence-electron chi connectivity index (χ0n) is 9.47. The summed E-state index contributed by atoms with van der Waals surface area (Å²) in [5.41, 5.74) is 0. The average Bonchev–Trinajstić information content (AvgIpc) is 2.50. The number of amides is 1. The monoisotopic (exact) mass is 238 g/mol. The second kappa shape index (κ2) is 5.03. The van der Waals surface area contributed by atoms with Crippen LogP contribution in [0.2, 0.25) is 0 Å². The molecule has 1 aliphatic rings. The van der Waals surface area contributed by atoms with Gasteiger partial charge < -0.3 is 4.90 Å². The predicted octanol–water partition coefficient (Wildman–Crippen LogP) is 1.89. The van der Waals surface area contributed by atoms with Gasteiger partial charge >= 0.3 is 6.18 Å². The molecule has 0 bridgehead atoms. The molecule has 0 spiro atoms. The van der Waals surface area contributed by atoms with E-state index >= 15 is 0 Å². The lowest BCUT2D eigenvalue weighted by Crippen LogP contribution is -2.38. The Balaban J connectivity index is 2.59. The van der Waals surface area contributed by atoms with Gasteiger partial charge in [-0.3, -0.25) is 10.1 Å². The molecular formula is C10H17F3N2O. The van der Waals surface area contributed by atoms with Crippen molar-refractivity contribution in [3.63, 3.8) is 0 Å². The van der Waals surface area contributed by atoms with Crippen molar-refractivity contribution in [1.29, 1.82) is 0 Å². The highest BCUT2D eigenvalue weighted by Gasteiger charge is 2.38. The van der Waals surface area contributed by atoms with E-state index in [0.717, 1.165) is 0 Å². The quantitative estimate of drug-likeness (QED) is 0.811. The zero-order valence-corrected chi connectivity index (χ0v) is 9.47. The summed E-state index contributed by atoms with van der Waals surface area (Å²) in [7, 11) is 0. The second-order valence-corrected chi connectivity index (χ2v) is 3.95. The molecule has 94 valence electrons. The Morgan fingerprint density at radius 2 is 1.94 bits per heavy atom. The fourth-order valence-corrected chi connectivity index (χ4v) is 1.89. The van der Waals surface area contributed by atoms with Gasteiger partial charge in [-0.15, -0.1) is 0 Å². The summed E-state index contributed by atoms with van der Waals surface area (Å²) in [6, 6.07) is -0.321. The van der Waals surface area contributed by atoms with E-state index in [0.29, 0.717) is 12.8 Å². The predicted molar refractivity (Wildman–Crippen MR) is 53.7 cm³/mol. The minimum atomic E-state index is -4.21. The molecule has 1 aliphatic heterocycles. The molecule has 1 amide bonds. The molecule has 0 aromatic rings. The molecule has 0 radical (unpaired) electrons. The van der Waals surface area contributed by atoms with Crippen molar-refractivity contribution < 1.29 is 18.0 Å². The molecule has 1 N–H and O–H groups in total. The van der Waals surface area contributed by atoms with Crippen LogP contribution < -0.4 is 5.32 Å². The third-order valence-electron chi connectivity index (χ3n) is 2.78. The van der Waals surface area contributed by atoms with Gasteiger partial charge in [0.25, 0.3) is 0 Å². The van der Waals surface area contributed by atoms with Crippen molar-refractivity contribution in [3.05, 3.63) is 0 Å². The van der Waals surface area contributed by atoms with Gasteiger partial charge in [0.05, 0.1) is 18.6 Å². The first-order chi connectivity index (χ1) is 7.39. The van der Waals surface area contributed by atoms with E-state index < -0.39 is 12.6 Å². The van der Waals surface area contributed by atoms with Gasteiger partial charge in [0.15, 0.2) is 0 Å². The van der Waals surface area contributed by atoms with Crippen LogP contribution in [-0.2, 0) is 4.79 Å². The van der Waals surface area contributed by atoms with Crippen LogP contribution in [-0.4, -0.2) is 35.7 Å². The van der Waals surface area contributed by atoms with Gasteiger partial charge in [-0.2, -0.15) is 13.2 Å². The van der Waals surface area contributed by atoms with E-state index in [1.54, 1.807) is 0 Å². The lowest BCUT2D eigenvalue weighted by Gasteiger charge is -2.23. The number of halogens is 3. The van der Waals surface area contributed by atoms with Gasteiger partial charge in [-0.1, -0.05) is 13.8 Å². The summed E-state index contributed by atoms with van der Waals surface area (Å²) in [5.74, 6) is -0.210. The molecule has 0 aliphatic carbocycles. The Morgan fingerprint density at radius 1 is 1.31 bits per heavy atom. The van der Waals surface area contributed by atoms with Crippen LogP contribution in [0.4, 0.5) is 13.2 Å². The minimum Gasteiger partial charge on any atom is -0.325 e. The van der Waals surface area contributed by atoms with Crippen molar-refractivity contribution in [3.8, 4) is 0 Å². The third-order valence-corrected chi connectivity index (χ3v) is 2.78. The van der Waals surface area contributed by atoms with E-state index in [4.69, 9.17) is 0 Å². The summed E-state index contributed by atoms with van der Waals surface area (Å²) in [6.07, 6.45) is -4.16. The van der Waals surface area contributed by atoms with E-state index in [1.807, 2.05) is 13.8 Å². The van der Waals surface area contributed by atoms with Crippen molar-refractivity contribution in [2.24, 2.45) is 0 Å². The van der Waals surface area contributed by atoms with Gasteiger partial charge in [-0.05, 0) is 12.8 Å². The maximum Gasteiger partial charge on any atom is 0.390 e. The second-order valence-electron chi connectivity index (χ2n) is 3.95. The van der Waals surface area contributed by atoms with E-state index in [9.17, 15) is 18.0 Å². The number of rotatable bonds is 4. The van der Waals surface area contributed by atoms with E-state index in [2.05, 4.69) is 5.32 Å². The van der Waals surface area contributed by atoms with Crippen molar-refractivity contribution in [2.45, 2.75) is 51.5 Å². The molecular weight excluding hydrogens is 221 g/mol. The maximum atomic E-state index is 12.1. The standard InChI is InChI=1S/C10H17F3N2O/c1-3-7-9(16)15(8(4-2)14-7)6-5-10(11,12)13/h7-8,14H,3-6H2,1-2H3. The Kier molecular flexibility index (Phi) is 4.18. The van der Waals surface area contributed by atoms with Gasteiger partial charge in [0.1, 0.15) is 0 Å². The van der Waals surface area contributed by atoms with Crippen LogP contribution >= 0.6 is 0 Å². The molecule has 6 heteroatoms. The Hall–Kier alpha value is -0.780. The zero-order chi connectivity index (χ0) is 12.3. The SMILES string of the molecule is CCC1NC(CC)N(CCC(F)(F)F)C1=O. The number of nitrogens with zero attached hydrogens (tertiary/aromatic N) is 1. The van der Waals surface area contributed by atoms with Crippen LogP contribution in [0.5, 0.6) is 0 Å². The lowest BCUT2D eigenvalue weighted by atomic mass is 10.2. The molecule has 16 heavy (non-hydrogen) atoms. The summed E-state index contributed by atoms with van der Waals surface area (Å²) < 4.78 is 36.3. The fourth-order valence-electron chi connectivity index (χ4n) is 1.89. The topological polar surface area (TPSA) is 32.3 Å². The van der Waals surface area contributed by atoms with Crippen molar-refractivity contribution >= 4 is 5.91 Å². The first-order valence-electron chi connectivity index (χ1n) is 5.52. The summed E-state index contributed by atoms with van der Waals surface area (Å²) in [5, 5.41) is 3.04. The molecule has 1 rings (SSSR count). The number of carbonyl (C=O) groups is 1. The van der Waals surface area contributed by atoms with E-state index in [1.165, 1.54) is 4.90 Å². The molecule has 1 heterocycles. The van der Waals surface area contributed by atoms with Crippen molar-refractivity contribution in [2.75, 3.05) is 6.54 Å². The van der Waals surface area contributed by atoms with Crippen LogP contribution in [0, 0.1) is 0 Å². The number of carbonyl (C=O) groups excluding carboxylic acids is 1.